The van der Waals surface area contributed by atoms with E-state index in [1.807, 2.05) is 6.08 Å². The number of carbonyl (C=O) groups excluding carboxylic acids is 1. The molecular weight excluding hydrogens is 335 g/mol. The molecule has 0 aromatic heterocycles. The molecule has 0 aromatic rings. The van der Waals surface area contributed by atoms with Crippen LogP contribution in [0, 0.1) is 0 Å². The molecule has 1 nitrogen and oxygen atoms in total. The molecule has 1 aliphatic carbocycles. The summed E-state index contributed by atoms with van der Waals surface area (Å²) in [5.41, 5.74) is 0.795. The fourth-order valence-electron chi connectivity index (χ4n) is 2.61. The maximum absolute atomic E-state index is 13.5. The van der Waals surface area contributed by atoms with Gasteiger partial charge in [-0.25, -0.2) is 0 Å². The molecule has 0 saturated carbocycles. The van der Waals surface area contributed by atoms with Gasteiger partial charge < -0.3 is 0 Å². The van der Waals surface area contributed by atoms with Gasteiger partial charge in [-0.05, 0) is 0 Å². The van der Waals surface area contributed by atoms with E-state index < -0.39 is 11.7 Å². The van der Waals surface area contributed by atoms with Crippen molar-refractivity contribution in [2.75, 3.05) is 0 Å². The van der Waals surface area contributed by atoms with Gasteiger partial charge in [0, 0.05) is 0 Å². The molecule has 0 bridgehead atoms. The Morgan fingerprint density at radius 3 is 2.29 bits per heavy atom. The average molecular weight is 357 g/mol. The number of alkyl halides is 3. The molecule has 0 saturated heterocycles. The summed E-state index contributed by atoms with van der Waals surface area (Å²) in [5, 5.41) is 0.174. The standard InChI is InChI=1S/C18H21BClF3O/c1-5-14(15-8-6-7-9-15)10-16(18(21,22)23)11(2)19-17(12(3)20)13(4)24/h5,8,10H,6-7,9H2,1-4H3/b14-5+,16-10+,17-12+. The molecular formula is C18H21BClF3O. The van der Waals surface area contributed by atoms with E-state index in [0.29, 0.717) is 5.57 Å². The monoisotopic (exact) mass is 356 g/mol. The van der Waals surface area contributed by atoms with Crippen LogP contribution in [-0.4, -0.2) is 24.3 Å². The predicted molar refractivity (Wildman–Crippen MR) is 95.5 cm³/mol. The Morgan fingerprint density at radius 1 is 1.29 bits per heavy atom. The van der Waals surface area contributed by atoms with Gasteiger partial charge in [-0.1, -0.05) is 0 Å². The van der Waals surface area contributed by atoms with Gasteiger partial charge in [-0.3, -0.25) is 0 Å². The van der Waals surface area contributed by atoms with Crippen LogP contribution in [0.15, 0.2) is 45.5 Å². The van der Waals surface area contributed by atoms with Crippen molar-refractivity contribution in [3.05, 3.63) is 45.5 Å². The number of ketones is 1. The van der Waals surface area contributed by atoms with Gasteiger partial charge in [0.1, 0.15) is 0 Å². The molecule has 6 heteroatoms. The van der Waals surface area contributed by atoms with Crippen molar-refractivity contribution in [2.24, 2.45) is 0 Å². The molecule has 0 aromatic carbocycles. The first-order valence-electron chi connectivity index (χ1n) is 7.78. The van der Waals surface area contributed by atoms with Gasteiger partial charge in [-0.15, -0.1) is 0 Å². The molecule has 1 rings (SSSR count). The maximum atomic E-state index is 13.5. The van der Waals surface area contributed by atoms with Crippen LogP contribution in [0.5, 0.6) is 0 Å². The van der Waals surface area contributed by atoms with Crippen molar-refractivity contribution in [3.63, 3.8) is 0 Å². The molecule has 1 aliphatic rings. The first-order valence-corrected chi connectivity index (χ1v) is 8.16. The number of halogens is 4. The van der Waals surface area contributed by atoms with E-state index in [4.69, 9.17) is 11.6 Å². The Morgan fingerprint density at radius 2 is 1.92 bits per heavy atom. The van der Waals surface area contributed by atoms with Crippen LogP contribution in [-0.2, 0) is 4.79 Å². The van der Waals surface area contributed by atoms with E-state index in [2.05, 4.69) is 0 Å². The fourth-order valence-corrected chi connectivity index (χ4v) is 2.79. The molecule has 0 amide bonds. The van der Waals surface area contributed by atoms with Crippen LogP contribution in [0.4, 0.5) is 13.2 Å². The summed E-state index contributed by atoms with van der Waals surface area (Å²) < 4.78 is 40.6. The summed E-state index contributed by atoms with van der Waals surface area (Å²) in [6.07, 6.45) is 2.93. The van der Waals surface area contributed by atoms with E-state index in [1.165, 1.54) is 27.7 Å². The number of allylic oxidation sites excluding steroid dienone is 8. The topological polar surface area (TPSA) is 17.1 Å². The summed E-state index contributed by atoms with van der Waals surface area (Å²) in [5.74, 6) is -0.367. The first-order chi connectivity index (χ1) is 11.1. The summed E-state index contributed by atoms with van der Waals surface area (Å²) in [4.78, 5) is 11.6. The molecule has 0 aliphatic heterocycles. The molecule has 0 unspecified atom stereocenters. The van der Waals surface area contributed by atoms with Crippen molar-refractivity contribution in [2.45, 2.75) is 53.1 Å². The molecule has 0 radical (unpaired) electrons. The SMILES string of the molecule is C\C=C(/C=C(\C(C)=B/C(C(C)=O)=C(\C)Cl)C(F)(F)F)C1=CCCC1. The van der Waals surface area contributed by atoms with Gasteiger partial charge in [0.2, 0.25) is 0 Å². The van der Waals surface area contributed by atoms with E-state index in [0.717, 1.165) is 30.9 Å². The third-order valence-corrected chi connectivity index (χ3v) is 4.07. The quantitative estimate of drug-likeness (QED) is 0.362. The summed E-state index contributed by atoms with van der Waals surface area (Å²) in [7, 11) is 0. The minimum absolute atomic E-state index is 0.0364. The third-order valence-electron chi connectivity index (χ3n) is 3.86. The van der Waals surface area contributed by atoms with Gasteiger partial charge in [0.15, 0.2) is 0 Å². The van der Waals surface area contributed by atoms with E-state index in [1.54, 1.807) is 13.0 Å². The fraction of sp³-hybridized carbons (Fsp3) is 0.444. The number of rotatable bonds is 5. The van der Waals surface area contributed by atoms with E-state index in [9.17, 15) is 18.0 Å². The third kappa shape index (κ3) is 5.62. The molecule has 0 fully saturated rings. The predicted octanol–water partition coefficient (Wildman–Crippen LogP) is 5.49. The van der Waals surface area contributed by atoms with Crippen molar-refractivity contribution in [1.29, 1.82) is 0 Å². The summed E-state index contributed by atoms with van der Waals surface area (Å²) in [6.45, 7) is 7.04. The first kappa shape index (κ1) is 20.7. The van der Waals surface area contributed by atoms with Crippen LogP contribution in [0.1, 0.15) is 47.0 Å². The van der Waals surface area contributed by atoms with Crippen LogP contribution < -0.4 is 0 Å². The Bertz CT molecular complexity index is 660. The summed E-state index contributed by atoms with van der Waals surface area (Å²) in [6, 6.07) is 0. The number of hydrogen-bond donors (Lipinski definition) is 0. The van der Waals surface area contributed by atoms with Gasteiger partial charge in [0.25, 0.3) is 0 Å². The van der Waals surface area contributed by atoms with Gasteiger partial charge in [-0.2, -0.15) is 0 Å². The summed E-state index contributed by atoms with van der Waals surface area (Å²) >= 11 is 5.83. The average Bonchev–Trinajstić information content (AvgIpc) is 2.97. The number of Topliss-reactive ketones (excluding diaryl/α,β-unsaturated/α-hetero) is 1. The van der Waals surface area contributed by atoms with Crippen molar-refractivity contribution in [3.8, 4) is 0 Å². The molecule has 130 valence electrons. The second-order valence-electron chi connectivity index (χ2n) is 5.75. The van der Waals surface area contributed by atoms with Crippen LogP contribution in [0.2, 0.25) is 0 Å². The zero-order valence-corrected chi connectivity index (χ0v) is 15.1. The Hall–Kier alpha value is -1.36. The van der Waals surface area contributed by atoms with Crippen LogP contribution in [0.25, 0.3) is 0 Å². The van der Waals surface area contributed by atoms with E-state index >= 15 is 0 Å². The Kier molecular flexibility index (Phi) is 7.46. The molecule has 0 atom stereocenters. The van der Waals surface area contributed by atoms with Crippen molar-refractivity contribution in [1.82, 2.24) is 0 Å². The number of hydrogen-bond acceptors (Lipinski definition) is 1. The van der Waals surface area contributed by atoms with Crippen molar-refractivity contribution < 1.29 is 18.0 Å². The van der Waals surface area contributed by atoms with Gasteiger partial charge in [0.05, 0.1) is 0 Å². The van der Waals surface area contributed by atoms with E-state index in [-0.39, 0.29) is 21.8 Å². The zero-order chi connectivity index (χ0) is 18.5. The Balaban J connectivity index is 3.40. The van der Waals surface area contributed by atoms with Crippen LogP contribution >= 0.6 is 11.6 Å². The molecule has 24 heavy (non-hydrogen) atoms. The molecule has 0 heterocycles. The molecule has 0 spiro atoms. The van der Waals surface area contributed by atoms with Crippen molar-refractivity contribution >= 4 is 29.8 Å². The number of carbonyl (C=O) groups is 1. The van der Waals surface area contributed by atoms with Gasteiger partial charge >= 0.3 is 146 Å². The molecule has 0 N–H and O–H groups in total. The second-order valence-corrected chi connectivity index (χ2v) is 6.32. The second kappa shape index (κ2) is 8.66. The van der Waals surface area contributed by atoms with Crippen LogP contribution in [0.3, 0.4) is 0 Å². The Labute approximate surface area is 146 Å². The zero-order valence-electron chi connectivity index (χ0n) is 14.4. The normalized spacial score (nSPS) is 18.2. The minimum atomic E-state index is -4.52.